The molecule has 0 spiro atoms. The normalized spacial score (nSPS) is 11.8. The highest BCUT2D eigenvalue weighted by Gasteiger charge is 2.22. The van der Waals surface area contributed by atoms with Crippen molar-refractivity contribution in [1.29, 1.82) is 0 Å². The highest BCUT2D eigenvalue weighted by atomic mass is 16.3. The standard InChI is InChI=1S/C43H25N3O2/c1-3-12-26(13-4-1)28-22-23-30-29(24-28)25-35(38-33-17-8-10-21-37(33)48-40(30)38)43-45-41(27-14-5-2-6-15-27)44-42(46-43)34-19-11-18-32-31-16-7-9-20-36(31)47-39(32)34/h1-25H. The predicted octanol–water partition coefficient (Wildman–Crippen LogP) is 11.5. The molecular weight excluding hydrogens is 590 g/mol. The van der Waals surface area contributed by atoms with Crippen molar-refractivity contribution in [3.05, 3.63) is 152 Å². The van der Waals surface area contributed by atoms with Crippen LogP contribution < -0.4 is 0 Å². The van der Waals surface area contributed by atoms with Gasteiger partial charge < -0.3 is 8.83 Å². The average molecular weight is 616 g/mol. The molecule has 0 unspecified atom stereocenters. The molecule has 0 aliphatic rings. The van der Waals surface area contributed by atoms with Crippen molar-refractivity contribution in [1.82, 2.24) is 15.0 Å². The Morgan fingerprint density at radius 3 is 1.75 bits per heavy atom. The van der Waals surface area contributed by atoms with E-state index in [-0.39, 0.29) is 0 Å². The summed E-state index contributed by atoms with van der Waals surface area (Å²) in [5, 5.41) is 6.15. The van der Waals surface area contributed by atoms with Crippen molar-refractivity contribution in [3.63, 3.8) is 0 Å². The number of aromatic nitrogens is 3. The van der Waals surface area contributed by atoms with Crippen molar-refractivity contribution in [2.45, 2.75) is 0 Å². The molecule has 0 radical (unpaired) electrons. The maximum Gasteiger partial charge on any atom is 0.167 e. The SMILES string of the molecule is c1ccc(-c2ccc3c(c2)cc(-c2nc(-c4ccccc4)nc(-c4cccc5c4oc4ccccc45)n2)c2c4ccccc4oc32)cc1. The first kappa shape index (κ1) is 26.6. The maximum absolute atomic E-state index is 6.61. The Balaban J connectivity index is 1.29. The molecule has 10 aromatic rings. The van der Waals surface area contributed by atoms with E-state index >= 15 is 0 Å². The molecule has 10 rings (SSSR count). The van der Waals surface area contributed by atoms with Gasteiger partial charge in [-0.2, -0.15) is 0 Å². The molecule has 0 aliphatic carbocycles. The summed E-state index contributed by atoms with van der Waals surface area (Å²) >= 11 is 0. The van der Waals surface area contributed by atoms with E-state index in [2.05, 4.69) is 66.7 Å². The van der Waals surface area contributed by atoms with Crippen LogP contribution >= 0.6 is 0 Å². The van der Waals surface area contributed by atoms with Crippen LogP contribution in [0.15, 0.2) is 160 Å². The molecule has 0 bridgehead atoms. The highest BCUT2D eigenvalue weighted by molar-refractivity contribution is 6.21. The Morgan fingerprint density at radius 1 is 0.354 bits per heavy atom. The van der Waals surface area contributed by atoms with Crippen LogP contribution in [0.5, 0.6) is 0 Å². The van der Waals surface area contributed by atoms with Gasteiger partial charge in [-0.3, -0.25) is 0 Å². The third kappa shape index (κ3) is 4.15. The van der Waals surface area contributed by atoms with E-state index in [4.69, 9.17) is 23.8 Å². The van der Waals surface area contributed by atoms with E-state index in [1.807, 2.05) is 84.9 Å². The van der Waals surface area contributed by atoms with E-state index < -0.39 is 0 Å². The molecule has 5 heteroatoms. The number of hydrogen-bond donors (Lipinski definition) is 0. The van der Waals surface area contributed by atoms with Gasteiger partial charge in [-0.05, 0) is 52.9 Å². The smallest absolute Gasteiger partial charge is 0.167 e. The molecule has 48 heavy (non-hydrogen) atoms. The summed E-state index contributed by atoms with van der Waals surface area (Å²) in [6.45, 7) is 0. The summed E-state index contributed by atoms with van der Waals surface area (Å²) in [6.07, 6.45) is 0. The zero-order chi connectivity index (χ0) is 31.6. The van der Waals surface area contributed by atoms with Crippen LogP contribution in [0.1, 0.15) is 0 Å². The lowest BCUT2D eigenvalue weighted by molar-refractivity contribution is 0.669. The second-order valence-electron chi connectivity index (χ2n) is 12.0. The van der Waals surface area contributed by atoms with Crippen LogP contribution in [0, 0.1) is 0 Å². The zero-order valence-corrected chi connectivity index (χ0v) is 25.6. The zero-order valence-electron chi connectivity index (χ0n) is 25.6. The quantitative estimate of drug-likeness (QED) is 0.197. The monoisotopic (exact) mass is 615 g/mol. The fourth-order valence-electron chi connectivity index (χ4n) is 6.86. The Kier molecular flexibility index (Phi) is 5.81. The van der Waals surface area contributed by atoms with E-state index in [0.717, 1.165) is 82.5 Å². The number of para-hydroxylation sites is 3. The van der Waals surface area contributed by atoms with E-state index in [1.165, 1.54) is 0 Å². The lowest BCUT2D eigenvalue weighted by atomic mass is 9.96. The first-order valence-corrected chi connectivity index (χ1v) is 15.9. The minimum atomic E-state index is 0.544. The molecule has 7 aromatic carbocycles. The maximum atomic E-state index is 6.61. The average Bonchev–Trinajstić information content (AvgIpc) is 3.74. The molecule has 3 aromatic heterocycles. The molecule has 0 fully saturated rings. The number of fused-ring (bicyclic) bond motifs is 8. The minimum Gasteiger partial charge on any atom is -0.455 e. The Hall–Kier alpha value is -6.59. The predicted molar refractivity (Wildman–Crippen MR) is 194 cm³/mol. The van der Waals surface area contributed by atoms with E-state index in [1.54, 1.807) is 0 Å². The van der Waals surface area contributed by atoms with Gasteiger partial charge in [-0.1, -0.05) is 115 Å². The first-order valence-electron chi connectivity index (χ1n) is 15.9. The number of furan rings is 2. The van der Waals surface area contributed by atoms with Gasteiger partial charge in [-0.15, -0.1) is 0 Å². The third-order valence-electron chi connectivity index (χ3n) is 9.12. The van der Waals surface area contributed by atoms with Crippen LogP contribution in [-0.2, 0) is 0 Å². The van der Waals surface area contributed by atoms with Crippen LogP contribution in [0.4, 0.5) is 0 Å². The van der Waals surface area contributed by atoms with Crippen molar-refractivity contribution in [2.24, 2.45) is 0 Å². The first-order chi connectivity index (χ1) is 23.8. The molecule has 0 saturated carbocycles. The summed E-state index contributed by atoms with van der Waals surface area (Å²) in [5.41, 5.74) is 8.08. The molecule has 0 atom stereocenters. The largest absolute Gasteiger partial charge is 0.455 e. The number of benzene rings is 7. The molecule has 5 nitrogen and oxygen atoms in total. The second-order valence-corrected chi connectivity index (χ2v) is 12.0. The molecule has 0 saturated heterocycles. The van der Waals surface area contributed by atoms with Gasteiger partial charge in [0.1, 0.15) is 22.3 Å². The van der Waals surface area contributed by atoms with Gasteiger partial charge >= 0.3 is 0 Å². The van der Waals surface area contributed by atoms with Gasteiger partial charge in [0, 0.05) is 38.1 Å². The molecular formula is C43H25N3O2. The number of hydrogen-bond acceptors (Lipinski definition) is 5. The van der Waals surface area contributed by atoms with Crippen molar-refractivity contribution < 1.29 is 8.83 Å². The molecule has 224 valence electrons. The molecule has 0 N–H and O–H groups in total. The molecule has 0 amide bonds. The van der Waals surface area contributed by atoms with Gasteiger partial charge in [-0.25, -0.2) is 15.0 Å². The summed E-state index contributed by atoms with van der Waals surface area (Å²) in [5.74, 6) is 1.70. The minimum absolute atomic E-state index is 0.544. The lowest BCUT2D eigenvalue weighted by Crippen LogP contribution is -2.00. The van der Waals surface area contributed by atoms with Gasteiger partial charge in [0.2, 0.25) is 0 Å². The van der Waals surface area contributed by atoms with E-state index in [0.29, 0.717) is 17.5 Å². The Bertz CT molecular complexity index is 2840. The van der Waals surface area contributed by atoms with Crippen molar-refractivity contribution in [2.75, 3.05) is 0 Å². The fraction of sp³-hybridized carbons (Fsp3) is 0. The van der Waals surface area contributed by atoms with Crippen LogP contribution in [0.25, 0.3) is 99.9 Å². The summed E-state index contributed by atoms with van der Waals surface area (Å²) in [6, 6.07) is 51.6. The molecule has 3 heterocycles. The summed E-state index contributed by atoms with van der Waals surface area (Å²) in [7, 11) is 0. The summed E-state index contributed by atoms with van der Waals surface area (Å²) in [4.78, 5) is 15.4. The number of rotatable bonds is 4. The third-order valence-corrected chi connectivity index (χ3v) is 9.12. The fourth-order valence-corrected chi connectivity index (χ4v) is 6.86. The van der Waals surface area contributed by atoms with Gasteiger partial charge in [0.05, 0.1) is 5.56 Å². The van der Waals surface area contributed by atoms with Crippen LogP contribution in [-0.4, -0.2) is 15.0 Å². The van der Waals surface area contributed by atoms with E-state index in [9.17, 15) is 0 Å². The topological polar surface area (TPSA) is 65.0 Å². The van der Waals surface area contributed by atoms with Crippen LogP contribution in [0.2, 0.25) is 0 Å². The Morgan fingerprint density at radius 2 is 0.958 bits per heavy atom. The Labute approximate surface area is 274 Å². The van der Waals surface area contributed by atoms with Gasteiger partial charge in [0.15, 0.2) is 17.5 Å². The summed E-state index contributed by atoms with van der Waals surface area (Å²) < 4.78 is 13.1. The second kappa shape index (κ2) is 10.5. The molecule has 0 aliphatic heterocycles. The number of nitrogens with zero attached hydrogens (tertiary/aromatic N) is 3. The van der Waals surface area contributed by atoms with Gasteiger partial charge in [0.25, 0.3) is 0 Å². The highest BCUT2D eigenvalue weighted by Crippen LogP contribution is 2.42. The van der Waals surface area contributed by atoms with Crippen LogP contribution in [0.3, 0.4) is 0 Å². The van der Waals surface area contributed by atoms with Crippen molar-refractivity contribution in [3.8, 4) is 45.3 Å². The van der Waals surface area contributed by atoms with Crippen molar-refractivity contribution >= 4 is 54.6 Å². The lowest BCUT2D eigenvalue weighted by Gasteiger charge is -2.11.